The number of carbonyl (C=O) groups is 1. The van der Waals surface area contributed by atoms with Gasteiger partial charge in [-0.25, -0.2) is 8.42 Å². The Balaban J connectivity index is 2.41. The van der Waals surface area contributed by atoms with E-state index in [1.165, 1.54) is 7.05 Å². The van der Waals surface area contributed by atoms with Gasteiger partial charge in [0.15, 0.2) is 0 Å². The van der Waals surface area contributed by atoms with Crippen LogP contribution in [0.5, 0.6) is 0 Å². The summed E-state index contributed by atoms with van der Waals surface area (Å²) in [6.45, 7) is 4.08. The number of rotatable bonds is 5. The zero-order valence-electron chi connectivity index (χ0n) is 12.6. The lowest BCUT2D eigenvalue weighted by Gasteiger charge is -2.19. The van der Waals surface area contributed by atoms with Crippen LogP contribution in [0.15, 0.2) is 40.6 Å². The molecule has 2 aromatic rings. The molecule has 0 radical (unpaired) electrons. The fourth-order valence-electron chi connectivity index (χ4n) is 2.05. The predicted octanol–water partition coefficient (Wildman–Crippen LogP) is 2.80. The van der Waals surface area contributed by atoms with Gasteiger partial charge >= 0.3 is 0 Å². The summed E-state index contributed by atoms with van der Waals surface area (Å²) in [5.41, 5.74) is 6.64. The molecule has 0 unspecified atom stereocenters. The Morgan fingerprint density at radius 3 is 2.27 bits per heavy atom. The third kappa shape index (κ3) is 3.00. The third-order valence-electron chi connectivity index (χ3n) is 3.41. The third-order valence-corrected chi connectivity index (χ3v) is 6.12. The fourth-order valence-corrected chi connectivity index (χ4v) is 4.09. The van der Waals surface area contributed by atoms with Crippen molar-refractivity contribution < 1.29 is 13.2 Å². The topological polar surface area (TPSA) is 80.5 Å². The molecule has 0 aliphatic carbocycles. The molecule has 1 amide bonds. The van der Waals surface area contributed by atoms with E-state index in [-0.39, 0.29) is 9.77 Å². The first-order valence-corrected chi connectivity index (χ1v) is 9.03. The first kappa shape index (κ1) is 16.5. The van der Waals surface area contributed by atoms with Crippen LogP contribution in [0.3, 0.4) is 0 Å². The van der Waals surface area contributed by atoms with Gasteiger partial charge in [-0.1, -0.05) is 26.0 Å². The number of nitrogens with zero attached hydrogens (tertiary/aromatic N) is 1. The van der Waals surface area contributed by atoms with Crippen LogP contribution in [0, 0.1) is 0 Å². The van der Waals surface area contributed by atoms with Gasteiger partial charge in [-0.3, -0.25) is 9.10 Å². The number of amides is 1. The van der Waals surface area contributed by atoms with Crippen LogP contribution in [-0.4, -0.2) is 21.4 Å². The van der Waals surface area contributed by atoms with E-state index in [9.17, 15) is 13.2 Å². The molecule has 0 saturated heterocycles. The summed E-state index contributed by atoms with van der Waals surface area (Å²) in [4.78, 5) is 11.8. The van der Waals surface area contributed by atoms with Gasteiger partial charge in [-0.15, -0.1) is 11.3 Å². The highest BCUT2D eigenvalue weighted by atomic mass is 32.2. The van der Waals surface area contributed by atoms with E-state index >= 15 is 0 Å². The number of anilines is 1. The Kier molecular flexibility index (Phi) is 4.58. The number of hydrogen-bond donors (Lipinski definition) is 1. The minimum Gasteiger partial charge on any atom is -0.365 e. The van der Waals surface area contributed by atoms with Crippen LogP contribution >= 0.6 is 11.3 Å². The molecular weight excluding hydrogens is 320 g/mol. The van der Waals surface area contributed by atoms with Crippen LogP contribution in [0.2, 0.25) is 0 Å². The Morgan fingerprint density at radius 2 is 1.77 bits per heavy atom. The Hall–Kier alpha value is -1.86. The van der Waals surface area contributed by atoms with Crippen molar-refractivity contribution in [3.63, 3.8) is 0 Å². The molecule has 118 valence electrons. The number of sulfonamides is 1. The first-order valence-electron chi connectivity index (χ1n) is 6.71. The average molecular weight is 338 g/mol. The maximum atomic E-state index is 12.7. The summed E-state index contributed by atoms with van der Waals surface area (Å²) >= 11 is 1.12. The molecule has 0 atom stereocenters. The van der Waals surface area contributed by atoms with Crippen LogP contribution in [0.4, 0.5) is 5.69 Å². The SMILES string of the molecule is CC(C)c1ccc(S(=O)(=O)N(C)c2ccsc2C(N)=O)cc1. The predicted molar refractivity (Wildman–Crippen MR) is 89.0 cm³/mol. The summed E-state index contributed by atoms with van der Waals surface area (Å²) in [5, 5.41) is 1.64. The lowest BCUT2D eigenvalue weighted by molar-refractivity contribution is 0.100. The van der Waals surface area contributed by atoms with Gasteiger partial charge in [0, 0.05) is 7.05 Å². The summed E-state index contributed by atoms with van der Waals surface area (Å²) in [6.07, 6.45) is 0. The van der Waals surface area contributed by atoms with Gasteiger partial charge in [-0.05, 0) is 35.1 Å². The maximum absolute atomic E-state index is 12.7. The molecular formula is C15H18N2O3S2. The summed E-state index contributed by atoms with van der Waals surface area (Å²) in [7, 11) is -2.31. The quantitative estimate of drug-likeness (QED) is 0.910. The van der Waals surface area contributed by atoms with E-state index in [0.717, 1.165) is 21.2 Å². The Bertz CT molecular complexity index is 777. The van der Waals surface area contributed by atoms with Crippen molar-refractivity contribution in [1.82, 2.24) is 0 Å². The molecule has 0 bridgehead atoms. The van der Waals surface area contributed by atoms with Crippen molar-refractivity contribution in [2.24, 2.45) is 5.73 Å². The smallest absolute Gasteiger partial charge is 0.264 e. The molecule has 22 heavy (non-hydrogen) atoms. The first-order chi connectivity index (χ1) is 10.2. The standard InChI is InChI=1S/C15H18N2O3S2/c1-10(2)11-4-6-12(7-5-11)22(19,20)17(3)13-8-9-21-14(13)15(16)18/h4-10H,1-3H3,(H2,16,18). The van der Waals surface area contributed by atoms with Gasteiger partial charge in [0.2, 0.25) is 0 Å². The second-order valence-corrected chi connectivity index (χ2v) is 8.08. The summed E-state index contributed by atoms with van der Waals surface area (Å²) in [5.74, 6) is -0.310. The number of thiophene rings is 1. The summed E-state index contributed by atoms with van der Waals surface area (Å²) in [6, 6.07) is 8.34. The molecule has 1 aromatic heterocycles. The Morgan fingerprint density at radius 1 is 1.18 bits per heavy atom. The highest BCUT2D eigenvalue weighted by Crippen LogP contribution is 2.29. The molecule has 2 N–H and O–H groups in total. The van der Waals surface area contributed by atoms with E-state index in [4.69, 9.17) is 5.73 Å². The zero-order valence-corrected chi connectivity index (χ0v) is 14.2. The number of nitrogens with two attached hydrogens (primary N) is 1. The molecule has 5 nitrogen and oxygen atoms in total. The second kappa shape index (κ2) is 6.10. The van der Waals surface area contributed by atoms with Crippen LogP contribution in [-0.2, 0) is 10.0 Å². The second-order valence-electron chi connectivity index (χ2n) is 5.20. The van der Waals surface area contributed by atoms with Crippen molar-refractivity contribution >= 4 is 33.0 Å². The van der Waals surface area contributed by atoms with Gasteiger partial charge in [0.25, 0.3) is 15.9 Å². The average Bonchev–Trinajstić information content (AvgIpc) is 2.96. The maximum Gasteiger partial charge on any atom is 0.264 e. The lowest BCUT2D eigenvalue weighted by atomic mass is 10.0. The number of carbonyl (C=O) groups excluding carboxylic acids is 1. The minimum absolute atomic E-state index is 0.182. The van der Waals surface area contributed by atoms with E-state index in [1.54, 1.807) is 35.7 Å². The highest BCUT2D eigenvalue weighted by Gasteiger charge is 2.25. The fraction of sp³-hybridized carbons (Fsp3) is 0.267. The van der Waals surface area contributed by atoms with Crippen molar-refractivity contribution in [3.8, 4) is 0 Å². The molecule has 0 aliphatic heterocycles. The van der Waals surface area contributed by atoms with E-state index in [1.807, 2.05) is 13.8 Å². The normalized spacial score (nSPS) is 11.6. The zero-order chi connectivity index (χ0) is 16.5. The molecule has 0 fully saturated rings. The minimum atomic E-state index is -3.73. The molecule has 2 rings (SSSR count). The van der Waals surface area contributed by atoms with E-state index < -0.39 is 15.9 Å². The Labute approximate surface area is 134 Å². The van der Waals surface area contributed by atoms with Gasteiger partial charge in [-0.2, -0.15) is 0 Å². The molecule has 0 saturated carbocycles. The van der Waals surface area contributed by atoms with Crippen LogP contribution in [0.25, 0.3) is 0 Å². The van der Waals surface area contributed by atoms with Gasteiger partial charge in [0.05, 0.1) is 10.6 Å². The van der Waals surface area contributed by atoms with Crippen LogP contribution in [0.1, 0.15) is 35.0 Å². The molecule has 1 aromatic carbocycles. The molecule has 0 spiro atoms. The highest BCUT2D eigenvalue weighted by molar-refractivity contribution is 7.92. The van der Waals surface area contributed by atoms with Gasteiger partial charge in [0.1, 0.15) is 4.88 Å². The van der Waals surface area contributed by atoms with Crippen molar-refractivity contribution in [3.05, 3.63) is 46.2 Å². The summed E-state index contributed by atoms with van der Waals surface area (Å²) < 4.78 is 26.4. The number of benzene rings is 1. The number of hydrogen-bond acceptors (Lipinski definition) is 4. The molecule has 7 heteroatoms. The van der Waals surface area contributed by atoms with Crippen molar-refractivity contribution in [2.45, 2.75) is 24.7 Å². The van der Waals surface area contributed by atoms with E-state index in [0.29, 0.717) is 11.6 Å². The van der Waals surface area contributed by atoms with Crippen LogP contribution < -0.4 is 10.0 Å². The number of primary amides is 1. The lowest BCUT2D eigenvalue weighted by Crippen LogP contribution is -2.28. The van der Waals surface area contributed by atoms with Gasteiger partial charge < -0.3 is 5.73 Å². The van der Waals surface area contributed by atoms with E-state index in [2.05, 4.69) is 0 Å². The largest absolute Gasteiger partial charge is 0.365 e. The van der Waals surface area contributed by atoms with Crippen molar-refractivity contribution in [1.29, 1.82) is 0 Å². The molecule has 0 aliphatic rings. The van der Waals surface area contributed by atoms with Crippen molar-refractivity contribution in [2.75, 3.05) is 11.4 Å². The molecule has 1 heterocycles. The monoisotopic (exact) mass is 338 g/mol.